The molecule has 2 heterocycles. The van der Waals surface area contributed by atoms with E-state index in [1.54, 1.807) is 0 Å². The number of fused-ring (bicyclic) bond motifs is 2. The summed E-state index contributed by atoms with van der Waals surface area (Å²) in [5.74, 6) is 0. The number of nitrogens with one attached hydrogen (secondary N) is 2. The van der Waals surface area contributed by atoms with Crippen molar-refractivity contribution < 1.29 is 0 Å². The van der Waals surface area contributed by atoms with E-state index in [0.29, 0.717) is 0 Å². The van der Waals surface area contributed by atoms with Gasteiger partial charge in [0.2, 0.25) is 0 Å². The number of hydrogen-bond acceptors (Lipinski definition) is 2. The number of rotatable bonds is 0. The van der Waals surface area contributed by atoms with Gasteiger partial charge in [0.25, 0.3) is 0 Å². The van der Waals surface area contributed by atoms with Crippen molar-refractivity contribution in [1.29, 1.82) is 0 Å². The minimum absolute atomic E-state index is 0.791. The minimum Gasteiger partial charge on any atom is -0.315 e. The Bertz CT molecular complexity index is 102. The van der Waals surface area contributed by atoms with E-state index in [2.05, 4.69) is 10.6 Å². The minimum atomic E-state index is 0.791. The molecule has 2 bridgehead atoms. The van der Waals surface area contributed by atoms with Crippen LogP contribution in [0.25, 0.3) is 0 Å². The van der Waals surface area contributed by atoms with Crippen LogP contribution in [0.15, 0.2) is 0 Å². The molecule has 2 rings (SSSR count). The van der Waals surface area contributed by atoms with Crippen LogP contribution >= 0.6 is 0 Å². The lowest BCUT2D eigenvalue weighted by molar-refractivity contribution is 0.404. The lowest BCUT2D eigenvalue weighted by atomic mass is 9.98. The molecule has 2 aliphatic heterocycles. The molecule has 10 heavy (non-hydrogen) atoms. The molecule has 2 heteroatoms. The highest BCUT2D eigenvalue weighted by molar-refractivity contribution is 4.98. The van der Waals surface area contributed by atoms with Crippen LogP contribution in [0.3, 0.4) is 0 Å². The summed E-state index contributed by atoms with van der Waals surface area (Å²) in [6.45, 7) is 2.30. The Labute approximate surface area is 62.4 Å². The molecule has 0 aromatic heterocycles. The third-order valence-corrected chi connectivity index (χ3v) is 2.45. The van der Waals surface area contributed by atoms with Gasteiger partial charge in [0.15, 0.2) is 0 Å². The molecule has 0 spiro atoms. The molecule has 0 amide bonds. The second-order valence-electron chi connectivity index (χ2n) is 3.30. The highest BCUT2D eigenvalue weighted by Crippen LogP contribution is 2.20. The predicted molar refractivity (Wildman–Crippen MR) is 41.5 cm³/mol. The Morgan fingerprint density at radius 1 is 1.30 bits per heavy atom. The zero-order chi connectivity index (χ0) is 6.81. The second-order valence-corrected chi connectivity index (χ2v) is 3.30. The summed E-state index contributed by atoms with van der Waals surface area (Å²) in [5, 5.41) is 6.99. The summed E-state index contributed by atoms with van der Waals surface area (Å²) in [6.07, 6.45) is 5.38. The van der Waals surface area contributed by atoms with Crippen LogP contribution in [0.2, 0.25) is 0 Å². The zero-order valence-corrected chi connectivity index (χ0v) is 6.32. The van der Waals surface area contributed by atoms with Crippen molar-refractivity contribution in [1.82, 2.24) is 10.6 Å². The fourth-order valence-corrected chi connectivity index (χ4v) is 1.87. The summed E-state index contributed by atoms with van der Waals surface area (Å²) in [6, 6.07) is 2.33. The molecule has 1 radical (unpaired) electrons. The summed E-state index contributed by atoms with van der Waals surface area (Å²) in [5.41, 5.74) is 0. The molecule has 0 saturated carbocycles. The highest BCUT2D eigenvalue weighted by atomic mass is 15.0. The maximum Gasteiger partial charge on any atom is 0.0505 e. The van der Waals surface area contributed by atoms with Crippen molar-refractivity contribution in [2.45, 2.75) is 31.7 Å². The third kappa shape index (κ3) is 1.32. The first kappa shape index (κ1) is 6.62. The Morgan fingerprint density at radius 2 is 2.30 bits per heavy atom. The molecule has 0 aromatic carbocycles. The topological polar surface area (TPSA) is 24.1 Å². The zero-order valence-electron chi connectivity index (χ0n) is 6.32. The van der Waals surface area contributed by atoms with Crippen LogP contribution < -0.4 is 10.6 Å². The van der Waals surface area contributed by atoms with E-state index in [-0.39, 0.29) is 0 Å². The summed E-state index contributed by atoms with van der Waals surface area (Å²) < 4.78 is 0. The van der Waals surface area contributed by atoms with Gasteiger partial charge in [0, 0.05) is 12.6 Å². The average molecular weight is 139 g/mol. The fourth-order valence-electron chi connectivity index (χ4n) is 1.87. The maximum atomic E-state index is 3.57. The molecular formula is C8H15N2. The monoisotopic (exact) mass is 139 g/mol. The predicted octanol–water partition coefficient (Wildman–Crippen LogP) is 0.654. The Kier molecular flexibility index (Phi) is 1.91. The van der Waals surface area contributed by atoms with Crippen LogP contribution in [0, 0.1) is 6.04 Å². The van der Waals surface area contributed by atoms with Crippen LogP contribution in [-0.4, -0.2) is 19.1 Å². The summed E-state index contributed by atoms with van der Waals surface area (Å²) >= 11 is 0. The van der Waals surface area contributed by atoms with E-state index in [9.17, 15) is 0 Å². The lowest BCUT2D eigenvalue weighted by Gasteiger charge is -2.26. The molecule has 2 N–H and O–H groups in total. The van der Waals surface area contributed by atoms with Crippen molar-refractivity contribution in [2.24, 2.45) is 0 Å². The largest absolute Gasteiger partial charge is 0.315 e. The molecule has 0 aromatic rings. The molecule has 1 unspecified atom stereocenters. The first-order chi connectivity index (χ1) is 4.95. The second kappa shape index (κ2) is 2.89. The van der Waals surface area contributed by atoms with Gasteiger partial charge in [0.05, 0.1) is 6.04 Å². The number of piperidine rings is 1. The normalized spacial score (nSPS) is 35.4. The van der Waals surface area contributed by atoms with Gasteiger partial charge in [-0.25, -0.2) is 0 Å². The Hall–Kier alpha value is -0.0800. The first-order valence-corrected chi connectivity index (χ1v) is 4.27. The highest BCUT2D eigenvalue weighted by Gasteiger charge is 2.23. The van der Waals surface area contributed by atoms with Crippen molar-refractivity contribution in [3.63, 3.8) is 0 Å². The molecule has 57 valence electrons. The van der Waals surface area contributed by atoms with Gasteiger partial charge in [-0.1, -0.05) is 0 Å². The van der Waals surface area contributed by atoms with Gasteiger partial charge in [0.1, 0.15) is 0 Å². The van der Waals surface area contributed by atoms with E-state index in [1.165, 1.54) is 38.3 Å². The van der Waals surface area contributed by atoms with Gasteiger partial charge in [-0.15, -0.1) is 0 Å². The van der Waals surface area contributed by atoms with Crippen molar-refractivity contribution in [3.8, 4) is 0 Å². The molecule has 2 aliphatic rings. The van der Waals surface area contributed by atoms with Crippen LogP contribution in [0.1, 0.15) is 25.7 Å². The average Bonchev–Trinajstić information content (AvgIpc) is 2.12. The SMILES string of the molecule is C1C[C]2CNCCC(C1)N2. The van der Waals surface area contributed by atoms with E-state index >= 15 is 0 Å². The van der Waals surface area contributed by atoms with E-state index in [1.807, 2.05) is 0 Å². The molecule has 2 nitrogen and oxygen atoms in total. The van der Waals surface area contributed by atoms with E-state index < -0.39 is 0 Å². The fraction of sp³-hybridized carbons (Fsp3) is 0.875. The third-order valence-electron chi connectivity index (χ3n) is 2.45. The molecule has 1 atom stereocenters. The van der Waals surface area contributed by atoms with Gasteiger partial charge < -0.3 is 10.6 Å². The number of hydrogen-bond donors (Lipinski definition) is 2. The standard InChI is InChI=1S/C8H15N2/c1-2-7-4-5-9-6-8(3-1)10-7/h7,9-10H,1-6H2. The quantitative estimate of drug-likeness (QED) is 0.515. The smallest absolute Gasteiger partial charge is 0.0505 e. The van der Waals surface area contributed by atoms with Gasteiger partial charge in [-0.05, 0) is 32.2 Å². The van der Waals surface area contributed by atoms with Crippen LogP contribution in [-0.2, 0) is 0 Å². The van der Waals surface area contributed by atoms with Crippen molar-refractivity contribution in [2.75, 3.05) is 13.1 Å². The molecule has 2 saturated heterocycles. The summed E-state index contributed by atoms with van der Waals surface area (Å²) in [4.78, 5) is 0. The lowest BCUT2D eigenvalue weighted by Crippen LogP contribution is -2.37. The van der Waals surface area contributed by atoms with Crippen LogP contribution in [0.4, 0.5) is 0 Å². The van der Waals surface area contributed by atoms with Crippen LogP contribution in [0.5, 0.6) is 0 Å². The van der Waals surface area contributed by atoms with Crippen molar-refractivity contribution >= 4 is 0 Å². The molecule has 0 aliphatic carbocycles. The Morgan fingerprint density at radius 3 is 3.30 bits per heavy atom. The molecular weight excluding hydrogens is 124 g/mol. The van der Waals surface area contributed by atoms with Gasteiger partial charge in [-0.3, -0.25) is 0 Å². The van der Waals surface area contributed by atoms with Gasteiger partial charge in [-0.2, -0.15) is 0 Å². The Balaban J connectivity index is 1.96. The van der Waals surface area contributed by atoms with E-state index in [0.717, 1.165) is 12.6 Å². The van der Waals surface area contributed by atoms with Gasteiger partial charge >= 0.3 is 0 Å². The first-order valence-electron chi connectivity index (χ1n) is 4.27. The summed E-state index contributed by atoms with van der Waals surface area (Å²) in [7, 11) is 0. The van der Waals surface area contributed by atoms with Crippen molar-refractivity contribution in [3.05, 3.63) is 6.04 Å². The molecule has 2 fully saturated rings. The maximum absolute atomic E-state index is 3.57. The van der Waals surface area contributed by atoms with E-state index in [4.69, 9.17) is 0 Å².